The van der Waals surface area contributed by atoms with Crippen molar-refractivity contribution in [3.63, 3.8) is 0 Å². The number of aromatic nitrogens is 1. The van der Waals surface area contributed by atoms with E-state index in [2.05, 4.69) is 10.3 Å². The second-order valence-electron chi connectivity index (χ2n) is 7.82. The van der Waals surface area contributed by atoms with Gasteiger partial charge in [0.1, 0.15) is 4.90 Å². The number of methoxy groups -OCH3 is 2. The fourth-order valence-corrected chi connectivity index (χ4v) is 5.85. The fraction of sp³-hybridized carbons (Fsp3) is 0.478. The van der Waals surface area contributed by atoms with Crippen LogP contribution in [0, 0.1) is 0 Å². The van der Waals surface area contributed by atoms with Crippen molar-refractivity contribution in [1.29, 1.82) is 0 Å². The minimum absolute atomic E-state index is 0.141. The van der Waals surface area contributed by atoms with Crippen LogP contribution in [0.15, 0.2) is 46.5 Å². The first-order chi connectivity index (χ1) is 15.8. The summed E-state index contributed by atoms with van der Waals surface area (Å²) in [6.45, 7) is 3.24. The molecule has 2 aromatic rings. The Balaban J connectivity index is 1.56. The summed E-state index contributed by atoms with van der Waals surface area (Å²) in [4.78, 5) is 17.0. The number of ether oxygens (including phenoxy) is 2. The van der Waals surface area contributed by atoms with Crippen LogP contribution in [0.5, 0.6) is 11.5 Å². The summed E-state index contributed by atoms with van der Waals surface area (Å²) in [6, 6.07) is 8.72. The lowest BCUT2D eigenvalue weighted by Gasteiger charge is -2.19. The van der Waals surface area contributed by atoms with Crippen LogP contribution in [0.2, 0.25) is 0 Å². The van der Waals surface area contributed by atoms with E-state index in [-0.39, 0.29) is 10.8 Å². The molecule has 1 fully saturated rings. The molecular formula is C23H31N3O5S2. The minimum Gasteiger partial charge on any atom is -0.493 e. The van der Waals surface area contributed by atoms with E-state index in [1.165, 1.54) is 18.0 Å². The molecule has 33 heavy (non-hydrogen) atoms. The summed E-state index contributed by atoms with van der Waals surface area (Å²) in [6.07, 6.45) is 5.28. The van der Waals surface area contributed by atoms with Gasteiger partial charge in [-0.1, -0.05) is 30.7 Å². The Hall–Kier alpha value is -2.30. The van der Waals surface area contributed by atoms with E-state index in [0.717, 1.165) is 31.2 Å². The monoisotopic (exact) mass is 493 g/mol. The quantitative estimate of drug-likeness (QED) is 0.534. The maximum absolute atomic E-state index is 12.9. The molecule has 1 aromatic heterocycles. The van der Waals surface area contributed by atoms with Gasteiger partial charge in [-0.3, -0.25) is 4.79 Å². The van der Waals surface area contributed by atoms with E-state index in [0.29, 0.717) is 36.2 Å². The van der Waals surface area contributed by atoms with Gasteiger partial charge in [0, 0.05) is 25.8 Å². The summed E-state index contributed by atoms with van der Waals surface area (Å²) in [7, 11) is -0.396. The molecule has 180 valence electrons. The van der Waals surface area contributed by atoms with Gasteiger partial charge in [0.2, 0.25) is 15.9 Å². The molecule has 1 N–H and O–H groups in total. The first-order valence-corrected chi connectivity index (χ1v) is 13.3. The van der Waals surface area contributed by atoms with Crippen molar-refractivity contribution in [3.8, 4) is 11.5 Å². The number of amides is 1. The summed E-state index contributed by atoms with van der Waals surface area (Å²) >= 11 is 1.28. The molecule has 1 saturated heterocycles. The van der Waals surface area contributed by atoms with E-state index >= 15 is 0 Å². The third-order valence-electron chi connectivity index (χ3n) is 5.49. The number of carbonyl (C=O) groups is 1. The van der Waals surface area contributed by atoms with Gasteiger partial charge in [-0.15, -0.1) is 0 Å². The fourth-order valence-electron chi connectivity index (χ4n) is 3.58. The molecular weight excluding hydrogens is 462 g/mol. The molecule has 0 radical (unpaired) electrons. The Morgan fingerprint density at radius 1 is 1.09 bits per heavy atom. The minimum atomic E-state index is -3.53. The molecule has 8 nitrogen and oxygen atoms in total. The average Bonchev–Trinajstić information content (AvgIpc) is 3.13. The van der Waals surface area contributed by atoms with Crippen LogP contribution in [-0.2, 0) is 21.4 Å². The summed E-state index contributed by atoms with van der Waals surface area (Å²) in [5, 5.41) is 3.10. The standard InChI is InChI=1S/C23H31N3O5S2/c1-17(23(27)25-15-18-8-10-20(30-2)21(14-18)31-3)32-22-11-9-19(16-24-22)33(28,29)26-12-6-4-5-7-13-26/h8-11,14,16-17H,4-7,12-13,15H2,1-3H3,(H,25,27). The van der Waals surface area contributed by atoms with Crippen LogP contribution in [0.3, 0.4) is 0 Å². The third-order valence-corrected chi connectivity index (χ3v) is 8.43. The van der Waals surface area contributed by atoms with Crippen molar-refractivity contribution < 1.29 is 22.7 Å². The molecule has 10 heteroatoms. The normalized spacial score (nSPS) is 16.0. The predicted octanol–water partition coefficient (Wildman–Crippen LogP) is 3.46. The number of pyridine rings is 1. The Bertz CT molecular complexity index is 1040. The molecule has 2 heterocycles. The van der Waals surface area contributed by atoms with Gasteiger partial charge in [-0.05, 0) is 49.6 Å². The Morgan fingerprint density at radius 2 is 1.79 bits per heavy atom. The molecule has 1 unspecified atom stereocenters. The summed E-state index contributed by atoms with van der Waals surface area (Å²) < 4.78 is 37.8. The van der Waals surface area contributed by atoms with Gasteiger partial charge in [0.25, 0.3) is 0 Å². The number of nitrogens with zero attached hydrogens (tertiary/aromatic N) is 2. The van der Waals surface area contributed by atoms with Crippen LogP contribution in [0.25, 0.3) is 0 Å². The van der Waals surface area contributed by atoms with Crippen molar-refractivity contribution in [2.75, 3.05) is 27.3 Å². The summed E-state index contributed by atoms with van der Waals surface area (Å²) in [5.74, 6) is 1.09. The van der Waals surface area contributed by atoms with Crippen LogP contribution in [-0.4, -0.2) is 56.2 Å². The highest BCUT2D eigenvalue weighted by atomic mass is 32.2. The van der Waals surface area contributed by atoms with Gasteiger partial charge in [-0.25, -0.2) is 13.4 Å². The van der Waals surface area contributed by atoms with Gasteiger partial charge in [-0.2, -0.15) is 4.31 Å². The topological polar surface area (TPSA) is 97.8 Å². The molecule has 1 aliphatic rings. The molecule has 0 aliphatic carbocycles. The molecule has 1 aliphatic heterocycles. The van der Waals surface area contributed by atoms with Crippen molar-refractivity contribution in [1.82, 2.24) is 14.6 Å². The lowest BCUT2D eigenvalue weighted by Crippen LogP contribution is -2.32. The number of rotatable bonds is 9. The largest absolute Gasteiger partial charge is 0.493 e. The zero-order valence-corrected chi connectivity index (χ0v) is 20.9. The van der Waals surface area contributed by atoms with Crippen molar-refractivity contribution >= 4 is 27.7 Å². The summed E-state index contributed by atoms with van der Waals surface area (Å²) in [5.41, 5.74) is 0.888. The molecule has 3 rings (SSSR count). The number of hydrogen-bond donors (Lipinski definition) is 1. The van der Waals surface area contributed by atoms with Gasteiger partial charge in [0.05, 0.1) is 24.5 Å². The van der Waals surface area contributed by atoms with Crippen LogP contribution >= 0.6 is 11.8 Å². The van der Waals surface area contributed by atoms with E-state index in [1.54, 1.807) is 43.6 Å². The van der Waals surface area contributed by atoms with Gasteiger partial charge < -0.3 is 14.8 Å². The second-order valence-corrected chi connectivity index (χ2v) is 11.1. The lowest BCUT2D eigenvalue weighted by molar-refractivity contribution is -0.120. The molecule has 1 amide bonds. The first-order valence-electron chi connectivity index (χ1n) is 11.0. The third kappa shape index (κ3) is 6.61. The van der Waals surface area contributed by atoms with Crippen molar-refractivity contribution in [2.24, 2.45) is 0 Å². The highest BCUT2D eigenvalue weighted by molar-refractivity contribution is 8.00. The molecule has 1 atom stereocenters. The van der Waals surface area contributed by atoms with Crippen molar-refractivity contribution in [3.05, 3.63) is 42.1 Å². The van der Waals surface area contributed by atoms with E-state index in [1.807, 2.05) is 12.1 Å². The first kappa shape index (κ1) is 25.3. The number of carbonyl (C=O) groups excluding carboxylic acids is 1. The SMILES string of the molecule is COc1ccc(CNC(=O)C(C)Sc2ccc(S(=O)(=O)N3CCCCCC3)cn2)cc1OC. The number of sulfonamides is 1. The van der Waals surface area contributed by atoms with Gasteiger partial charge >= 0.3 is 0 Å². The lowest BCUT2D eigenvalue weighted by atomic mass is 10.2. The van der Waals surface area contributed by atoms with Crippen molar-refractivity contribution in [2.45, 2.75) is 54.3 Å². The number of benzene rings is 1. The van der Waals surface area contributed by atoms with Crippen LogP contribution in [0.4, 0.5) is 0 Å². The molecule has 0 spiro atoms. The maximum Gasteiger partial charge on any atom is 0.244 e. The average molecular weight is 494 g/mol. The smallest absolute Gasteiger partial charge is 0.244 e. The zero-order valence-electron chi connectivity index (χ0n) is 19.2. The second kappa shape index (κ2) is 11.7. The Morgan fingerprint density at radius 3 is 2.39 bits per heavy atom. The highest BCUT2D eigenvalue weighted by Crippen LogP contribution is 2.28. The highest BCUT2D eigenvalue weighted by Gasteiger charge is 2.25. The van der Waals surface area contributed by atoms with E-state index in [9.17, 15) is 13.2 Å². The molecule has 1 aromatic carbocycles. The molecule has 0 bridgehead atoms. The number of thioether (sulfide) groups is 1. The number of nitrogens with one attached hydrogen (secondary N) is 1. The molecule has 0 saturated carbocycles. The Kier molecular flexibility index (Phi) is 8.99. The van der Waals surface area contributed by atoms with Gasteiger partial charge in [0.15, 0.2) is 11.5 Å². The van der Waals surface area contributed by atoms with E-state index in [4.69, 9.17) is 9.47 Å². The van der Waals surface area contributed by atoms with Crippen LogP contribution in [0.1, 0.15) is 38.2 Å². The number of hydrogen-bond acceptors (Lipinski definition) is 7. The van der Waals surface area contributed by atoms with Crippen LogP contribution < -0.4 is 14.8 Å². The zero-order chi connectivity index (χ0) is 23.8. The Labute approximate surface area is 200 Å². The predicted molar refractivity (Wildman–Crippen MR) is 128 cm³/mol. The maximum atomic E-state index is 12.9. The van der Waals surface area contributed by atoms with E-state index < -0.39 is 15.3 Å².